The Kier molecular flexibility index (Phi) is 2.93. The molecule has 3 rings (SSSR count). The molecule has 1 N–H and O–H groups in total. The van der Waals surface area contributed by atoms with Crippen molar-refractivity contribution in [3.05, 3.63) is 48.5 Å². The van der Waals surface area contributed by atoms with Crippen LogP contribution in [0.5, 0.6) is 0 Å². The van der Waals surface area contributed by atoms with E-state index in [4.69, 9.17) is 0 Å². The minimum absolute atomic E-state index is 0.472. The van der Waals surface area contributed by atoms with Crippen LogP contribution in [0.2, 0.25) is 0 Å². The number of hydrogen-bond donors (Lipinski definition) is 1. The van der Waals surface area contributed by atoms with Crippen molar-refractivity contribution in [1.82, 2.24) is 5.06 Å². The molecular weight excluding hydrogens is 260 g/mol. The molecule has 5 heteroatoms. The van der Waals surface area contributed by atoms with Crippen LogP contribution < -0.4 is 4.90 Å². The first-order valence-electron chi connectivity index (χ1n) is 5.81. The van der Waals surface area contributed by atoms with E-state index < -0.39 is 6.03 Å². The molecular formula is C14H12N2O2S. The van der Waals surface area contributed by atoms with Crippen LogP contribution in [0.4, 0.5) is 16.2 Å². The van der Waals surface area contributed by atoms with Gasteiger partial charge < -0.3 is 0 Å². The highest BCUT2D eigenvalue weighted by Gasteiger charge is 2.29. The molecule has 1 aliphatic rings. The summed E-state index contributed by atoms with van der Waals surface area (Å²) in [7, 11) is 1.33. The number of carbonyl (C=O) groups is 1. The third-order valence-corrected chi connectivity index (χ3v) is 4.03. The number of anilines is 2. The zero-order valence-corrected chi connectivity index (χ0v) is 11.1. The van der Waals surface area contributed by atoms with E-state index >= 15 is 0 Å². The molecule has 0 atom stereocenters. The summed E-state index contributed by atoms with van der Waals surface area (Å²) in [5.41, 5.74) is 1.58. The van der Waals surface area contributed by atoms with Gasteiger partial charge in [0.15, 0.2) is 0 Å². The van der Waals surface area contributed by atoms with Gasteiger partial charge in [-0.2, -0.15) is 0 Å². The third-order valence-electron chi connectivity index (χ3n) is 2.90. The van der Waals surface area contributed by atoms with Crippen molar-refractivity contribution in [2.75, 3.05) is 11.9 Å². The van der Waals surface area contributed by atoms with Gasteiger partial charge in [-0.05, 0) is 24.3 Å². The first-order chi connectivity index (χ1) is 9.18. The number of para-hydroxylation sites is 2. The second-order valence-electron chi connectivity index (χ2n) is 4.18. The van der Waals surface area contributed by atoms with Crippen molar-refractivity contribution in [3.63, 3.8) is 0 Å². The van der Waals surface area contributed by atoms with Gasteiger partial charge in [-0.1, -0.05) is 36.0 Å². The number of nitrogens with zero attached hydrogens (tertiary/aromatic N) is 2. The van der Waals surface area contributed by atoms with Gasteiger partial charge in [0, 0.05) is 16.8 Å². The summed E-state index contributed by atoms with van der Waals surface area (Å²) in [5.74, 6) is 0. The van der Waals surface area contributed by atoms with E-state index in [2.05, 4.69) is 0 Å². The number of urea groups is 1. The molecule has 4 nitrogen and oxygen atoms in total. The second-order valence-corrected chi connectivity index (χ2v) is 5.26. The van der Waals surface area contributed by atoms with Crippen LogP contribution in [0.25, 0.3) is 0 Å². The molecule has 1 aliphatic heterocycles. The standard InChI is InChI=1S/C14H12N2O2S/c1-15(18)14(17)16-10-6-2-4-8-12(10)19-13-9-5-3-7-11(13)16/h2-9,18H,1H3. The highest BCUT2D eigenvalue weighted by Crippen LogP contribution is 2.47. The SMILES string of the molecule is CN(O)C(=O)N1c2ccccc2Sc2ccccc21. The number of carbonyl (C=O) groups excluding carboxylic acids is 1. The number of hydrogen-bond acceptors (Lipinski definition) is 3. The maximum atomic E-state index is 12.2. The largest absolute Gasteiger partial charge is 0.352 e. The van der Waals surface area contributed by atoms with Crippen LogP contribution >= 0.6 is 11.8 Å². The van der Waals surface area contributed by atoms with Crippen molar-refractivity contribution in [3.8, 4) is 0 Å². The molecule has 0 bridgehead atoms. The molecule has 0 saturated carbocycles. The predicted octanol–water partition coefficient (Wildman–Crippen LogP) is 3.73. The van der Waals surface area contributed by atoms with Gasteiger partial charge in [0.25, 0.3) is 0 Å². The molecule has 0 fully saturated rings. The Morgan fingerprint density at radius 1 is 1.05 bits per heavy atom. The topological polar surface area (TPSA) is 43.8 Å². The average Bonchev–Trinajstić information content (AvgIpc) is 2.43. The molecule has 0 spiro atoms. The summed E-state index contributed by atoms with van der Waals surface area (Å²) in [6.07, 6.45) is 0. The molecule has 2 aromatic carbocycles. The summed E-state index contributed by atoms with van der Waals surface area (Å²) < 4.78 is 0. The Bertz CT molecular complexity index is 597. The minimum Gasteiger partial charge on any atom is -0.285 e. The van der Waals surface area contributed by atoms with Gasteiger partial charge in [-0.15, -0.1) is 0 Å². The highest BCUT2D eigenvalue weighted by molar-refractivity contribution is 7.99. The normalized spacial score (nSPS) is 12.6. The fourth-order valence-corrected chi connectivity index (χ4v) is 3.11. The van der Waals surface area contributed by atoms with E-state index in [1.54, 1.807) is 11.8 Å². The van der Waals surface area contributed by atoms with E-state index in [0.717, 1.165) is 21.2 Å². The van der Waals surface area contributed by atoms with Crippen LogP contribution in [0.1, 0.15) is 0 Å². The van der Waals surface area contributed by atoms with Crippen LogP contribution in [-0.2, 0) is 0 Å². The fraction of sp³-hybridized carbons (Fsp3) is 0.0714. The van der Waals surface area contributed by atoms with Gasteiger partial charge in [0.05, 0.1) is 11.4 Å². The van der Waals surface area contributed by atoms with Crippen molar-refractivity contribution in [2.24, 2.45) is 0 Å². The van der Waals surface area contributed by atoms with Crippen LogP contribution in [0, 0.1) is 0 Å². The zero-order chi connectivity index (χ0) is 13.4. The lowest BCUT2D eigenvalue weighted by molar-refractivity contribution is -0.0141. The molecule has 96 valence electrons. The summed E-state index contributed by atoms with van der Waals surface area (Å²) in [5, 5.41) is 10.1. The van der Waals surface area contributed by atoms with E-state index in [-0.39, 0.29) is 0 Å². The molecule has 0 aromatic heterocycles. The van der Waals surface area contributed by atoms with Crippen molar-refractivity contribution >= 4 is 29.2 Å². The Morgan fingerprint density at radius 3 is 2.00 bits per heavy atom. The van der Waals surface area contributed by atoms with Crippen LogP contribution in [-0.4, -0.2) is 23.3 Å². The highest BCUT2D eigenvalue weighted by atomic mass is 32.2. The molecule has 0 unspecified atom stereocenters. The predicted molar refractivity (Wildman–Crippen MR) is 74.1 cm³/mol. The van der Waals surface area contributed by atoms with Crippen LogP contribution in [0.3, 0.4) is 0 Å². The van der Waals surface area contributed by atoms with Gasteiger partial charge in [-0.25, -0.2) is 9.86 Å². The first-order valence-corrected chi connectivity index (χ1v) is 6.63. The molecule has 0 radical (unpaired) electrons. The first kappa shape index (κ1) is 12.1. The van der Waals surface area contributed by atoms with Gasteiger partial charge in [0.2, 0.25) is 0 Å². The Morgan fingerprint density at radius 2 is 1.53 bits per heavy atom. The van der Waals surface area contributed by atoms with E-state index in [0.29, 0.717) is 5.06 Å². The monoisotopic (exact) mass is 272 g/mol. The molecule has 0 saturated heterocycles. The van der Waals surface area contributed by atoms with E-state index in [1.165, 1.54) is 11.9 Å². The average molecular weight is 272 g/mol. The maximum absolute atomic E-state index is 12.2. The molecule has 0 aliphatic carbocycles. The number of hydroxylamine groups is 2. The summed E-state index contributed by atoms with van der Waals surface area (Å²) in [4.78, 5) is 15.7. The van der Waals surface area contributed by atoms with Crippen molar-refractivity contribution in [1.29, 1.82) is 0 Å². The zero-order valence-electron chi connectivity index (χ0n) is 10.3. The summed E-state index contributed by atoms with van der Waals surface area (Å²) >= 11 is 1.62. The molecule has 2 aromatic rings. The van der Waals surface area contributed by atoms with Gasteiger partial charge in [-0.3, -0.25) is 10.1 Å². The fourth-order valence-electron chi connectivity index (χ4n) is 2.06. The van der Waals surface area contributed by atoms with E-state index in [1.807, 2.05) is 48.5 Å². The van der Waals surface area contributed by atoms with Gasteiger partial charge >= 0.3 is 6.03 Å². The molecule has 2 amide bonds. The van der Waals surface area contributed by atoms with Crippen molar-refractivity contribution < 1.29 is 10.0 Å². The lowest BCUT2D eigenvalue weighted by atomic mass is 10.2. The molecule has 19 heavy (non-hydrogen) atoms. The number of rotatable bonds is 0. The van der Waals surface area contributed by atoms with E-state index in [9.17, 15) is 10.0 Å². The Labute approximate surface area is 115 Å². The smallest absolute Gasteiger partial charge is 0.285 e. The maximum Gasteiger partial charge on any atom is 0.352 e. The van der Waals surface area contributed by atoms with Crippen LogP contribution in [0.15, 0.2) is 58.3 Å². The number of amides is 2. The molecule has 1 heterocycles. The quantitative estimate of drug-likeness (QED) is 0.587. The summed E-state index contributed by atoms with van der Waals surface area (Å²) in [6.45, 7) is 0. The number of fused-ring (bicyclic) bond motifs is 2. The minimum atomic E-state index is -0.472. The summed E-state index contributed by atoms with van der Waals surface area (Å²) in [6, 6.07) is 14.8. The van der Waals surface area contributed by atoms with Crippen molar-refractivity contribution in [2.45, 2.75) is 9.79 Å². The van der Waals surface area contributed by atoms with Gasteiger partial charge in [0.1, 0.15) is 0 Å². The third kappa shape index (κ3) is 1.97. The second kappa shape index (κ2) is 4.60. The Hall–Kier alpha value is -1.98. The lowest BCUT2D eigenvalue weighted by Crippen LogP contribution is -2.37. The number of benzene rings is 2. The lowest BCUT2D eigenvalue weighted by Gasteiger charge is -2.31. The Balaban J connectivity index is 2.19.